The molecule has 1 aromatic rings. The lowest BCUT2D eigenvalue weighted by Crippen LogP contribution is -2.23. The van der Waals surface area contributed by atoms with E-state index in [1.165, 1.54) is 12.1 Å². The molecule has 0 radical (unpaired) electrons. The van der Waals surface area contributed by atoms with Crippen LogP contribution in [-0.2, 0) is 6.54 Å². The fourth-order valence-corrected chi connectivity index (χ4v) is 1.73. The van der Waals surface area contributed by atoms with Crippen LogP contribution in [0.4, 0.5) is 11.4 Å². The lowest BCUT2D eigenvalue weighted by Gasteiger charge is -2.17. The van der Waals surface area contributed by atoms with Gasteiger partial charge in [-0.2, -0.15) is 5.26 Å². The minimum absolute atomic E-state index is 0.0706. The molecule has 0 aliphatic carbocycles. The van der Waals surface area contributed by atoms with E-state index in [-0.39, 0.29) is 17.3 Å². The highest BCUT2D eigenvalue weighted by Crippen LogP contribution is 2.22. The molecule has 0 aliphatic rings. The molecule has 0 spiro atoms. The molecule has 0 amide bonds. The van der Waals surface area contributed by atoms with Crippen LogP contribution in [0.2, 0.25) is 0 Å². The van der Waals surface area contributed by atoms with Gasteiger partial charge in [-0.3, -0.25) is 10.1 Å². The van der Waals surface area contributed by atoms with Crippen LogP contribution in [0.25, 0.3) is 0 Å². The van der Waals surface area contributed by atoms with Crippen LogP contribution >= 0.6 is 0 Å². The predicted octanol–water partition coefficient (Wildman–Crippen LogP) is 1.77. The standard InChI is InChI=1S/C12H16N4O2/c1-9(6-13)7-15(2)8-10-3-4-11(14)12(5-10)16(17)18/h3-5,9H,7-8,14H2,1-2H3. The second kappa shape index (κ2) is 5.98. The first-order valence-electron chi connectivity index (χ1n) is 5.55. The molecule has 0 aromatic heterocycles. The summed E-state index contributed by atoms with van der Waals surface area (Å²) in [5.74, 6) is -0.0706. The number of nitro benzene ring substituents is 1. The largest absolute Gasteiger partial charge is 0.393 e. The first-order chi connectivity index (χ1) is 8.43. The van der Waals surface area contributed by atoms with Gasteiger partial charge in [-0.1, -0.05) is 6.07 Å². The minimum atomic E-state index is -0.489. The number of nitriles is 1. The Balaban J connectivity index is 2.77. The summed E-state index contributed by atoms with van der Waals surface area (Å²) in [6.07, 6.45) is 0. The second-order valence-electron chi connectivity index (χ2n) is 4.38. The van der Waals surface area contributed by atoms with E-state index < -0.39 is 4.92 Å². The molecule has 6 nitrogen and oxygen atoms in total. The van der Waals surface area contributed by atoms with Gasteiger partial charge >= 0.3 is 0 Å². The molecule has 6 heteroatoms. The average molecular weight is 248 g/mol. The summed E-state index contributed by atoms with van der Waals surface area (Å²) in [6, 6.07) is 6.92. The zero-order valence-electron chi connectivity index (χ0n) is 10.5. The van der Waals surface area contributed by atoms with Crippen molar-refractivity contribution < 1.29 is 4.92 Å². The quantitative estimate of drug-likeness (QED) is 0.486. The Hall–Kier alpha value is -2.13. The molecule has 1 aromatic carbocycles. The minimum Gasteiger partial charge on any atom is -0.393 e. The molecule has 0 aliphatic heterocycles. The molecule has 96 valence electrons. The number of rotatable bonds is 5. The Morgan fingerprint density at radius 2 is 2.28 bits per heavy atom. The third kappa shape index (κ3) is 3.71. The normalized spacial score (nSPS) is 12.1. The number of nitrogen functional groups attached to an aromatic ring is 1. The number of anilines is 1. The Kier molecular flexibility index (Phi) is 4.63. The van der Waals surface area contributed by atoms with Gasteiger partial charge in [0.25, 0.3) is 5.69 Å². The number of hydrogen-bond acceptors (Lipinski definition) is 5. The molecule has 2 N–H and O–H groups in total. The number of nitrogens with two attached hydrogens (primary N) is 1. The number of benzene rings is 1. The van der Waals surface area contributed by atoms with Crippen molar-refractivity contribution in [1.82, 2.24) is 4.90 Å². The van der Waals surface area contributed by atoms with Crippen molar-refractivity contribution in [3.8, 4) is 6.07 Å². The molecule has 0 bridgehead atoms. The average Bonchev–Trinajstić information content (AvgIpc) is 2.31. The summed E-state index contributed by atoms with van der Waals surface area (Å²) in [5.41, 5.74) is 6.42. The van der Waals surface area contributed by atoms with Gasteiger partial charge in [0, 0.05) is 19.2 Å². The zero-order valence-corrected chi connectivity index (χ0v) is 10.5. The number of nitro groups is 1. The summed E-state index contributed by atoms with van der Waals surface area (Å²) in [7, 11) is 1.87. The van der Waals surface area contributed by atoms with Gasteiger partial charge in [0.05, 0.1) is 16.9 Å². The molecule has 1 rings (SSSR count). The van der Waals surface area contributed by atoms with Gasteiger partial charge in [-0.25, -0.2) is 0 Å². The summed E-state index contributed by atoms with van der Waals surface area (Å²) < 4.78 is 0. The van der Waals surface area contributed by atoms with Crippen LogP contribution in [0.1, 0.15) is 12.5 Å². The van der Waals surface area contributed by atoms with E-state index in [0.29, 0.717) is 13.1 Å². The van der Waals surface area contributed by atoms with Crippen molar-refractivity contribution in [2.45, 2.75) is 13.5 Å². The van der Waals surface area contributed by atoms with Crippen LogP contribution in [0, 0.1) is 27.4 Å². The summed E-state index contributed by atoms with van der Waals surface area (Å²) >= 11 is 0. The van der Waals surface area contributed by atoms with Crippen LogP contribution < -0.4 is 5.73 Å². The highest BCUT2D eigenvalue weighted by molar-refractivity contribution is 5.59. The van der Waals surface area contributed by atoms with Crippen LogP contribution in [-0.4, -0.2) is 23.4 Å². The lowest BCUT2D eigenvalue weighted by molar-refractivity contribution is -0.384. The molecule has 0 fully saturated rings. The van der Waals surface area contributed by atoms with Gasteiger partial charge in [-0.05, 0) is 25.6 Å². The molecule has 0 saturated carbocycles. The van der Waals surface area contributed by atoms with Crippen LogP contribution in [0.5, 0.6) is 0 Å². The third-order valence-electron chi connectivity index (χ3n) is 2.55. The van der Waals surface area contributed by atoms with Crippen molar-refractivity contribution in [2.24, 2.45) is 5.92 Å². The Bertz CT molecular complexity index is 481. The first-order valence-corrected chi connectivity index (χ1v) is 5.55. The van der Waals surface area contributed by atoms with Crippen molar-refractivity contribution in [3.63, 3.8) is 0 Å². The second-order valence-corrected chi connectivity index (χ2v) is 4.38. The fourth-order valence-electron chi connectivity index (χ4n) is 1.73. The lowest BCUT2D eigenvalue weighted by atomic mass is 10.1. The zero-order chi connectivity index (χ0) is 13.7. The Morgan fingerprint density at radius 1 is 1.61 bits per heavy atom. The van der Waals surface area contributed by atoms with Gasteiger partial charge in [0.1, 0.15) is 5.69 Å². The smallest absolute Gasteiger partial charge is 0.292 e. The van der Waals surface area contributed by atoms with E-state index in [1.54, 1.807) is 6.07 Å². The van der Waals surface area contributed by atoms with E-state index in [4.69, 9.17) is 11.0 Å². The maximum Gasteiger partial charge on any atom is 0.292 e. The molecule has 1 unspecified atom stereocenters. The van der Waals surface area contributed by atoms with Gasteiger partial charge in [0.2, 0.25) is 0 Å². The molecular formula is C12H16N4O2. The van der Waals surface area contributed by atoms with Crippen molar-refractivity contribution in [3.05, 3.63) is 33.9 Å². The highest BCUT2D eigenvalue weighted by Gasteiger charge is 2.13. The summed E-state index contributed by atoms with van der Waals surface area (Å²) in [6.45, 7) is 3.00. The third-order valence-corrected chi connectivity index (χ3v) is 2.55. The first kappa shape index (κ1) is 13.9. The van der Waals surface area contributed by atoms with E-state index in [1.807, 2.05) is 18.9 Å². The van der Waals surface area contributed by atoms with Crippen LogP contribution in [0.15, 0.2) is 18.2 Å². The molecular weight excluding hydrogens is 232 g/mol. The van der Waals surface area contributed by atoms with E-state index in [9.17, 15) is 10.1 Å². The van der Waals surface area contributed by atoms with E-state index >= 15 is 0 Å². The number of hydrogen-bond donors (Lipinski definition) is 1. The van der Waals surface area contributed by atoms with Crippen molar-refractivity contribution >= 4 is 11.4 Å². The number of nitrogens with zero attached hydrogens (tertiary/aromatic N) is 3. The Labute approximate surface area is 106 Å². The molecule has 1 atom stereocenters. The SMILES string of the molecule is CC(C#N)CN(C)Cc1ccc(N)c([N+](=O)[O-])c1. The Morgan fingerprint density at radius 3 is 2.83 bits per heavy atom. The molecule has 18 heavy (non-hydrogen) atoms. The van der Waals surface area contributed by atoms with Crippen molar-refractivity contribution in [2.75, 3.05) is 19.3 Å². The van der Waals surface area contributed by atoms with E-state index in [2.05, 4.69) is 6.07 Å². The van der Waals surface area contributed by atoms with Gasteiger partial charge in [0.15, 0.2) is 0 Å². The van der Waals surface area contributed by atoms with Gasteiger partial charge in [-0.15, -0.1) is 0 Å². The maximum atomic E-state index is 10.8. The fraction of sp³-hybridized carbons (Fsp3) is 0.417. The summed E-state index contributed by atoms with van der Waals surface area (Å²) in [4.78, 5) is 12.2. The molecule has 0 saturated heterocycles. The molecule has 0 heterocycles. The highest BCUT2D eigenvalue weighted by atomic mass is 16.6. The topological polar surface area (TPSA) is 96.2 Å². The van der Waals surface area contributed by atoms with Gasteiger partial charge < -0.3 is 10.6 Å². The summed E-state index contributed by atoms with van der Waals surface area (Å²) in [5, 5.41) is 19.5. The predicted molar refractivity (Wildman–Crippen MR) is 68.6 cm³/mol. The van der Waals surface area contributed by atoms with Crippen molar-refractivity contribution in [1.29, 1.82) is 5.26 Å². The van der Waals surface area contributed by atoms with Crippen LogP contribution in [0.3, 0.4) is 0 Å². The monoisotopic (exact) mass is 248 g/mol. The van der Waals surface area contributed by atoms with E-state index in [0.717, 1.165) is 5.56 Å². The maximum absolute atomic E-state index is 10.8.